The van der Waals surface area contributed by atoms with Gasteiger partial charge in [0, 0.05) is 6.54 Å². The fraction of sp³-hybridized carbons (Fsp3) is 0.188. The van der Waals surface area contributed by atoms with Crippen LogP contribution in [0, 0.1) is 0 Å². The van der Waals surface area contributed by atoms with Crippen molar-refractivity contribution in [3.63, 3.8) is 0 Å². The lowest BCUT2D eigenvalue weighted by atomic mass is 10.2. The van der Waals surface area contributed by atoms with E-state index in [1.165, 1.54) is 12.1 Å². The van der Waals surface area contributed by atoms with E-state index in [1.54, 1.807) is 30.3 Å². The van der Waals surface area contributed by atoms with Gasteiger partial charge in [-0.05, 0) is 48.9 Å². The smallest absolute Gasteiger partial charge is 0.417 e. The molecule has 126 valence electrons. The second-order valence-electron chi connectivity index (χ2n) is 5.07. The summed E-state index contributed by atoms with van der Waals surface area (Å²) in [7, 11) is -3.64. The largest absolute Gasteiger partial charge is 0.494 e. The molecule has 2 N–H and O–H groups in total. The second-order valence-corrected chi connectivity index (χ2v) is 6.84. The number of H-pyrrole nitrogens is 1. The molecular formula is C16H16N2O5S. The predicted molar refractivity (Wildman–Crippen MR) is 88.5 cm³/mol. The first-order chi connectivity index (χ1) is 11.5. The van der Waals surface area contributed by atoms with Gasteiger partial charge in [0.05, 0.1) is 17.0 Å². The van der Waals surface area contributed by atoms with Crippen LogP contribution in [0.15, 0.2) is 56.6 Å². The third kappa shape index (κ3) is 3.50. The fourth-order valence-corrected chi connectivity index (χ4v) is 3.27. The number of benzene rings is 2. The van der Waals surface area contributed by atoms with Crippen LogP contribution in [-0.2, 0) is 16.6 Å². The molecule has 1 heterocycles. The van der Waals surface area contributed by atoms with Crippen molar-refractivity contribution in [1.29, 1.82) is 0 Å². The molecule has 0 atom stereocenters. The Labute approximate surface area is 138 Å². The monoisotopic (exact) mass is 348 g/mol. The lowest BCUT2D eigenvalue weighted by molar-refractivity contribution is 0.340. The summed E-state index contributed by atoms with van der Waals surface area (Å²) in [5.74, 6) is 0.0722. The first kappa shape index (κ1) is 16.3. The van der Waals surface area contributed by atoms with Gasteiger partial charge in [-0.15, -0.1) is 0 Å². The van der Waals surface area contributed by atoms with Gasteiger partial charge in [-0.3, -0.25) is 4.98 Å². The summed E-state index contributed by atoms with van der Waals surface area (Å²) in [5, 5.41) is 0. The molecule has 8 heteroatoms. The van der Waals surface area contributed by atoms with Crippen LogP contribution in [0.4, 0.5) is 0 Å². The first-order valence-electron chi connectivity index (χ1n) is 7.32. The van der Waals surface area contributed by atoms with Gasteiger partial charge in [0.15, 0.2) is 5.58 Å². The molecule has 0 fully saturated rings. The Morgan fingerprint density at radius 2 is 1.92 bits per heavy atom. The Bertz CT molecular complexity index is 1000. The molecule has 3 aromatic rings. The number of nitrogens with one attached hydrogen (secondary N) is 2. The summed E-state index contributed by atoms with van der Waals surface area (Å²) in [6.45, 7) is 2.47. The van der Waals surface area contributed by atoms with E-state index in [9.17, 15) is 13.2 Å². The van der Waals surface area contributed by atoms with E-state index in [-0.39, 0.29) is 11.4 Å². The van der Waals surface area contributed by atoms with Crippen LogP contribution in [0.25, 0.3) is 11.1 Å². The van der Waals surface area contributed by atoms with Crippen molar-refractivity contribution in [1.82, 2.24) is 9.71 Å². The SMILES string of the molecule is CCOc1ccc(S(=O)(=O)NCc2ccc3oc(=O)[nH]c3c2)cc1. The van der Waals surface area contributed by atoms with E-state index in [0.29, 0.717) is 29.0 Å². The van der Waals surface area contributed by atoms with Crippen molar-refractivity contribution < 1.29 is 17.6 Å². The molecule has 0 saturated carbocycles. The fourth-order valence-electron chi connectivity index (χ4n) is 2.25. The number of hydrogen-bond donors (Lipinski definition) is 2. The van der Waals surface area contributed by atoms with Gasteiger partial charge in [0.1, 0.15) is 5.75 Å². The van der Waals surface area contributed by atoms with Gasteiger partial charge in [0.2, 0.25) is 10.0 Å². The van der Waals surface area contributed by atoms with Crippen molar-refractivity contribution in [2.75, 3.05) is 6.61 Å². The Morgan fingerprint density at radius 3 is 2.62 bits per heavy atom. The normalized spacial score (nSPS) is 11.7. The van der Waals surface area contributed by atoms with Crippen LogP contribution < -0.4 is 15.2 Å². The van der Waals surface area contributed by atoms with Gasteiger partial charge in [-0.25, -0.2) is 17.9 Å². The second kappa shape index (κ2) is 6.50. The molecule has 24 heavy (non-hydrogen) atoms. The maximum atomic E-state index is 12.3. The van der Waals surface area contributed by atoms with E-state index in [2.05, 4.69) is 9.71 Å². The van der Waals surface area contributed by atoms with Crippen LogP contribution in [0.5, 0.6) is 5.75 Å². The Morgan fingerprint density at radius 1 is 1.17 bits per heavy atom. The molecule has 0 amide bonds. The van der Waals surface area contributed by atoms with Crippen molar-refractivity contribution in [3.8, 4) is 5.75 Å². The van der Waals surface area contributed by atoms with Crippen LogP contribution in [-0.4, -0.2) is 20.0 Å². The van der Waals surface area contributed by atoms with Crippen molar-refractivity contribution in [2.45, 2.75) is 18.4 Å². The Kier molecular flexibility index (Phi) is 4.41. The molecular weight excluding hydrogens is 332 g/mol. The maximum Gasteiger partial charge on any atom is 0.417 e. The molecule has 0 aliphatic carbocycles. The lowest BCUT2D eigenvalue weighted by Crippen LogP contribution is -2.23. The van der Waals surface area contributed by atoms with E-state index >= 15 is 0 Å². The minimum absolute atomic E-state index is 0.0959. The number of sulfonamides is 1. The summed E-state index contributed by atoms with van der Waals surface area (Å²) < 4.78 is 37.4. The average molecular weight is 348 g/mol. The molecule has 3 rings (SSSR count). The summed E-state index contributed by atoms with van der Waals surface area (Å²) in [6, 6.07) is 11.2. The summed E-state index contributed by atoms with van der Waals surface area (Å²) in [5.41, 5.74) is 1.66. The quantitative estimate of drug-likeness (QED) is 0.709. The van der Waals surface area contributed by atoms with Crippen LogP contribution >= 0.6 is 0 Å². The molecule has 0 saturated heterocycles. The third-order valence-electron chi connectivity index (χ3n) is 3.39. The molecule has 0 aliphatic heterocycles. The predicted octanol–water partition coefficient (Wildman–Crippen LogP) is 2.00. The Balaban J connectivity index is 1.74. The van der Waals surface area contributed by atoms with E-state index in [4.69, 9.17) is 9.15 Å². The van der Waals surface area contributed by atoms with E-state index in [0.717, 1.165) is 0 Å². The summed E-state index contributed by atoms with van der Waals surface area (Å²) in [4.78, 5) is 13.8. The number of hydrogen-bond acceptors (Lipinski definition) is 5. The van der Waals surface area contributed by atoms with Crippen LogP contribution in [0.3, 0.4) is 0 Å². The van der Waals surface area contributed by atoms with Gasteiger partial charge in [-0.1, -0.05) is 6.07 Å². The highest BCUT2D eigenvalue weighted by atomic mass is 32.2. The van der Waals surface area contributed by atoms with Crippen molar-refractivity contribution in [2.24, 2.45) is 0 Å². The number of ether oxygens (including phenoxy) is 1. The van der Waals surface area contributed by atoms with E-state index < -0.39 is 15.8 Å². The van der Waals surface area contributed by atoms with Crippen LogP contribution in [0.1, 0.15) is 12.5 Å². The zero-order valence-electron chi connectivity index (χ0n) is 12.9. The highest BCUT2D eigenvalue weighted by molar-refractivity contribution is 7.89. The number of aromatic amines is 1. The molecule has 2 aromatic carbocycles. The Hall–Kier alpha value is -2.58. The average Bonchev–Trinajstić information content (AvgIpc) is 2.93. The molecule has 0 spiro atoms. The van der Waals surface area contributed by atoms with Gasteiger partial charge < -0.3 is 9.15 Å². The van der Waals surface area contributed by atoms with Gasteiger partial charge in [-0.2, -0.15) is 0 Å². The molecule has 0 bridgehead atoms. The highest BCUT2D eigenvalue weighted by Crippen LogP contribution is 2.17. The van der Waals surface area contributed by atoms with Gasteiger partial charge in [0.25, 0.3) is 0 Å². The highest BCUT2D eigenvalue weighted by Gasteiger charge is 2.14. The first-order valence-corrected chi connectivity index (χ1v) is 8.80. The van der Waals surface area contributed by atoms with Crippen molar-refractivity contribution >= 4 is 21.1 Å². The number of rotatable bonds is 6. The summed E-state index contributed by atoms with van der Waals surface area (Å²) in [6.07, 6.45) is 0. The van der Waals surface area contributed by atoms with Crippen molar-refractivity contribution in [3.05, 3.63) is 58.6 Å². The van der Waals surface area contributed by atoms with Gasteiger partial charge >= 0.3 is 5.76 Å². The third-order valence-corrected chi connectivity index (χ3v) is 4.81. The molecule has 0 radical (unpaired) electrons. The summed E-state index contributed by atoms with van der Waals surface area (Å²) >= 11 is 0. The number of fused-ring (bicyclic) bond motifs is 1. The lowest BCUT2D eigenvalue weighted by Gasteiger charge is -2.08. The number of aromatic nitrogens is 1. The minimum atomic E-state index is -3.64. The molecule has 1 aromatic heterocycles. The topological polar surface area (TPSA) is 101 Å². The number of oxazole rings is 1. The van der Waals surface area contributed by atoms with E-state index in [1.807, 2.05) is 6.92 Å². The molecule has 0 unspecified atom stereocenters. The zero-order chi connectivity index (χ0) is 17.2. The molecule has 0 aliphatic rings. The minimum Gasteiger partial charge on any atom is -0.494 e. The van der Waals surface area contributed by atoms with Crippen LogP contribution in [0.2, 0.25) is 0 Å². The standard InChI is InChI=1S/C16H16N2O5S/c1-2-22-12-4-6-13(7-5-12)24(20,21)17-10-11-3-8-15-14(9-11)18-16(19)23-15/h3-9,17H,2,10H2,1H3,(H,18,19). The maximum absolute atomic E-state index is 12.3. The molecule has 7 nitrogen and oxygen atoms in total. The zero-order valence-corrected chi connectivity index (χ0v) is 13.7.